The van der Waals surface area contributed by atoms with Gasteiger partial charge in [-0.3, -0.25) is 9.69 Å². The topological polar surface area (TPSA) is 40.5 Å². The molecular weight excluding hydrogens is 166 g/mol. The molecule has 0 saturated carbocycles. The summed E-state index contributed by atoms with van der Waals surface area (Å²) < 4.78 is 0. The van der Waals surface area contributed by atoms with Crippen molar-refractivity contribution in [2.75, 3.05) is 13.1 Å². The SMILES string of the molecule is CCC[C@@H](C(=O)O)N1CCCCC1. The monoisotopic (exact) mass is 185 g/mol. The zero-order valence-electron chi connectivity index (χ0n) is 8.33. The first-order chi connectivity index (χ1) is 6.25. The van der Waals surface area contributed by atoms with Crippen LogP contribution in [0, 0.1) is 0 Å². The van der Waals surface area contributed by atoms with E-state index in [4.69, 9.17) is 5.11 Å². The van der Waals surface area contributed by atoms with E-state index in [1.54, 1.807) is 0 Å². The van der Waals surface area contributed by atoms with Crippen LogP contribution in [0.4, 0.5) is 0 Å². The predicted molar refractivity (Wildman–Crippen MR) is 51.8 cm³/mol. The van der Waals surface area contributed by atoms with Crippen LogP contribution in [0.5, 0.6) is 0 Å². The summed E-state index contributed by atoms with van der Waals surface area (Å²) in [4.78, 5) is 13.1. The number of piperidine rings is 1. The van der Waals surface area contributed by atoms with E-state index < -0.39 is 5.97 Å². The van der Waals surface area contributed by atoms with Gasteiger partial charge in [0.15, 0.2) is 0 Å². The minimum atomic E-state index is -0.649. The largest absolute Gasteiger partial charge is 0.480 e. The Morgan fingerprint density at radius 2 is 2.00 bits per heavy atom. The number of aliphatic carboxylic acids is 1. The molecule has 1 atom stereocenters. The number of likely N-dealkylation sites (tertiary alicyclic amines) is 1. The molecule has 0 spiro atoms. The van der Waals surface area contributed by atoms with Gasteiger partial charge in [0.05, 0.1) is 0 Å². The molecule has 3 nitrogen and oxygen atoms in total. The van der Waals surface area contributed by atoms with E-state index in [-0.39, 0.29) is 6.04 Å². The number of nitrogens with zero attached hydrogens (tertiary/aromatic N) is 1. The number of carbonyl (C=O) groups is 1. The molecule has 0 unspecified atom stereocenters. The molecule has 0 amide bonds. The van der Waals surface area contributed by atoms with Gasteiger partial charge >= 0.3 is 5.97 Å². The first kappa shape index (κ1) is 10.5. The quantitative estimate of drug-likeness (QED) is 0.725. The average Bonchev–Trinajstić information content (AvgIpc) is 2.15. The van der Waals surface area contributed by atoms with Crippen molar-refractivity contribution in [1.29, 1.82) is 0 Å². The Kier molecular flexibility index (Phi) is 4.22. The fourth-order valence-corrected chi connectivity index (χ4v) is 1.97. The highest BCUT2D eigenvalue weighted by atomic mass is 16.4. The summed E-state index contributed by atoms with van der Waals surface area (Å²) in [6.07, 6.45) is 5.32. The zero-order chi connectivity index (χ0) is 9.68. The van der Waals surface area contributed by atoms with Crippen LogP contribution in [0.2, 0.25) is 0 Å². The van der Waals surface area contributed by atoms with Crippen LogP contribution in [0.3, 0.4) is 0 Å². The Morgan fingerprint density at radius 3 is 2.46 bits per heavy atom. The van der Waals surface area contributed by atoms with E-state index >= 15 is 0 Å². The van der Waals surface area contributed by atoms with Crippen molar-refractivity contribution in [2.45, 2.75) is 45.1 Å². The molecule has 1 fully saturated rings. The standard InChI is InChI=1S/C10H19NO2/c1-2-6-9(10(12)13)11-7-4-3-5-8-11/h9H,2-8H2,1H3,(H,12,13)/t9-/m0/s1. The minimum absolute atomic E-state index is 0.231. The van der Waals surface area contributed by atoms with Gasteiger partial charge in [0, 0.05) is 0 Å². The third-order valence-electron chi connectivity index (χ3n) is 2.68. The number of rotatable bonds is 4. The van der Waals surface area contributed by atoms with Gasteiger partial charge in [-0.1, -0.05) is 19.8 Å². The lowest BCUT2D eigenvalue weighted by Crippen LogP contribution is -2.43. The van der Waals surface area contributed by atoms with Crippen molar-refractivity contribution in [3.63, 3.8) is 0 Å². The summed E-state index contributed by atoms with van der Waals surface area (Å²) >= 11 is 0. The molecular formula is C10H19NO2. The van der Waals surface area contributed by atoms with E-state index in [0.717, 1.165) is 38.8 Å². The molecule has 1 aliphatic heterocycles. The van der Waals surface area contributed by atoms with Gasteiger partial charge in [-0.15, -0.1) is 0 Å². The van der Waals surface area contributed by atoms with E-state index in [9.17, 15) is 4.79 Å². The van der Waals surface area contributed by atoms with E-state index in [1.165, 1.54) is 6.42 Å². The number of hydrogen-bond donors (Lipinski definition) is 1. The molecule has 3 heteroatoms. The summed E-state index contributed by atoms with van der Waals surface area (Å²) in [5.74, 6) is -0.649. The Labute approximate surface area is 79.7 Å². The molecule has 0 aromatic carbocycles. The number of carboxylic acids is 1. The van der Waals surface area contributed by atoms with Gasteiger partial charge in [0.2, 0.25) is 0 Å². The maximum Gasteiger partial charge on any atom is 0.320 e. The summed E-state index contributed by atoms with van der Waals surface area (Å²) in [6.45, 7) is 3.98. The van der Waals surface area contributed by atoms with Gasteiger partial charge in [0.25, 0.3) is 0 Å². The first-order valence-electron chi connectivity index (χ1n) is 5.22. The maximum atomic E-state index is 10.9. The van der Waals surface area contributed by atoms with Gasteiger partial charge in [-0.2, -0.15) is 0 Å². The van der Waals surface area contributed by atoms with Crippen LogP contribution in [-0.2, 0) is 4.79 Å². The molecule has 13 heavy (non-hydrogen) atoms. The minimum Gasteiger partial charge on any atom is -0.480 e. The van der Waals surface area contributed by atoms with Gasteiger partial charge < -0.3 is 5.11 Å². The lowest BCUT2D eigenvalue weighted by molar-refractivity contribution is -0.144. The molecule has 1 aliphatic rings. The zero-order valence-corrected chi connectivity index (χ0v) is 8.33. The van der Waals surface area contributed by atoms with Crippen LogP contribution in [0.15, 0.2) is 0 Å². The molecule has 76 valence electrons. The molecule has 0 aromatic rings. The molecule has 0 bridgehead atoms. The fraction of sp³-hybridized carbons (Fsp3) is 0.900. The molecule has 1 N–H and O–H groups in total. The van der Waals surface area contributed by atoms with Gasteiger partial charge in [-0.25, -0.2) is 0 Å². The Balaban J connectivity index is 2.46. The third kappa shape index (κ3) is 2.99. The maximum absolute atomic E-state index is 10.9. The van der Waals surface area contributed by atoms with Crippen molar-refractivity contribution < 1.29 is 9.90 Å². The summed E-state index contributed by atoms with van der Waals surface area (Å²) in [5, 5.41) is 9.01. The van der Waals surface area contributed by atoms with E-state index in [1.807, 2.05) is 6.92 Å². The van der Waals surface area contributed by atoms with Crippen LogP contribution in [0.1, 0.15) is 39.0 Å². The molecule has 0 aromatic heterocycles. The van der Waals surface area contributed by atoms with Crippen molar-refractivity contribution in [2.24, 2.45) is 0 Å². The highest BCUT2D eigenvalue weighted by molar-refractivity contribution is 5.73. The normalized spacial score (nSPS) is 21.3. The average molecular weight is 185 g/mol. The second kappa shape index (κ2) is 5.22. The predicted octanol–water partition coefficient (Wildman–Crippen LogP) is 1.73. The van der Waals surface area contributed by atoms with Crippen LogP contribution in [-0.4, -0.2) is 35.1 Å². The van der Waals surface area contributed by atoms with Gasteiger partial charge in [-0.05, 0) is 32.4 Å². The van der Waals surface area contributed by atoms with Crippen molar-refractivity contribution in [3.05, 3.63) is 0 Å². The van der Waals surface area contributed by atoms with E-state index in [2.05, 4.69) is 4.90 Å². The van der Waals surface area contributed by atoms with Crippen LogP contribution in [0.25, 0.3) is 0 Å². The Hall–Kier alpha value is -0.570. The highest BCUT2D eigenvalue weighted by Crippen LogP contribution is 2.15. The summed E-state index contributed by atoms with van der Waals surface area (Å²) in [6, 6.07) is -0.231. The lowest BCUT2D eigenvalue weighted by Gasteiger charge is -2.31. The molecule has 1 rings (SSSR count). The first-order valence-corrected chi connectivity index (χ1v) is 5.22. The molecule has 1 saturated heterocycles. The lowest BCUT2D eigenvalue weighted by atomic mass is 10.1. The molecule has 0 aliphatic carbocycles. The van der Waals surface area contributed by atoms with Crippen LogP contribution >= 0.6 is 0 Å². The Bertz CT molecular complexity index is 164. The smallest absolute Gasteiger partial charge is 0.320 e. The second-order valence-electron chi connectivity index (χ2n) is 3.74. The fourth-order valence-electron chi connectivity index (χ4n) is 1.97. The van der Waals surface area contributed by atoms with Crippen molar-refractivity contribution in [1.82, 2.24) is 4.90 Å². The second-order valence-corrected chi connectivity index (χ2v) is 3.74. The third-order valence-corrected chi connectivity index (χ3v) is 2.68. The number of carboxylic acid groups (broad SMARTS) is 1. The number of hydrogen-bond acceptors (Lipinski definition) is 2. The molecule has 0 radical (unpaired) electrons. The Morgan fingerprint density at radius 1 is 1.38 bits per heavy atom. The molecule has 1 heterocycles. The van der Waals surface area contributed by atoms with E-state index in [0.29, 0.717) is 0 Å². The summed E-state index contributed by atoms with van der Waals surface area (Å²) in [5.41, 5.74) is 0. The van der Waals surface area contributed by atoms with Crippen molar-refractivity contribution in [3.8, 4) is 0 Å². The summed E-state index contributed by atoms with van der Waals surface area (Å²) in [7, 11) is 0. The van der Waals surface area contributed by atoms with Gasteiger partial charge in [0.1, 0.15) is 6.04 Å². The van der Waals surface area contributed by atoms with Crippen molar-refractivity contribution >= 4 is 5.97 Å². The highest BCUT2D eigenvalue weighted by Gasteiger charge is 2.25. The van der Waals surface area contributed by atoms with Crippen LogP contribution < -0.4 is 0 Å².